The van der Waals surface area contributed by atoms with Crippen molar-refractivity contribution in [2.24, 2.45) is 0 Å². The fourth-order valence-corrected chi connectivity index (χ4v) is 4.88. The van der Waals surface area contributed by atoms with Crippen LogP contribution in [-0.2, 0) is 9.53 Å². The number of aromatic nitrogens is 2. The van der Waals surface area contributed by atoms with Gasteiger partial charge in [0.2, 0.25) is 0 Å². The van der Waals surface area contributed by atoms with Crippen LogP contribution in [0.5, 0.6) is 5.75 Å². The number of benzene rings is 2. The summed E-state index contributed by atoms with van der Waals surface area (Å²) in [5.74, 6) is 0.213. The Balaban J connectivity index is 1.66. The average molecular weight is 534 g/mol. The third kappa shape index (κ3) is 5.78. The summed E-state index contributed by atoms with van der Waals surface area (Å²) in [6.45, 7) is 9.99. The standard InChI is InChI=1S/C29H31N3O5S/c1-6-36-29(35)26-23-16-38-27(30-24(33)15-37-22-13-9-20(10-14-22)18(4)5)25(23)28(34)32(31-26)21-11-7-19(8-12-21)17(2)3/h7-14,16-18H,6,15H2,1-5H3,(H,30,33). The molecule has 2 heterocycles. The summed E-state index contributed by atoms with van der Waals surface area (Å²) >= 11 is 1.14. The lowest BCUT2D eigenvalue weighted by Gasteiger charge is -2.11. The molecule has 0 aliphatic heterocycles. The first-order valence-electron chi connectivity index (χ1n) is 12.5. The van der Waals surface area contributed by atoms with Crippen LogP contribution in [0.3, 0.4) is 0 Å². The van der Waals surface area contributed by atoms with Crippen LogP contribution >= 0.6 is 11.3 Å². The lowest BCUT2D eigenvalue weighted by Crippen LogP contribution is -2.26. The maximum Gasteiger partial charge on any atom is 0.359 e. The van der Waals surface area contributed by atoms with E-state index in [1.165, 1.54) is 10.2 Å². The number of ether oxygens (including phenoxy) is 2. The molecule has 0 aliphatic carbocycles. The van der Waals surface area contributed by atoms with E-state index >= 15 is 0 Å². The number of esters is 1. The molecule has 1 amide bonds. The van der Waals surface area contributed by atoms with Crippen molar-refractivity contribution in [1.29, 1.82) is 0 Å². The summed E-state index contributed by atoms with van der Waals surface area (Å²) in [4.78, 5) is 39.1. The van der Waals surface area contributed by atoms with E-state index < -0.39 is 17.4 Å². The fraction of sp³-hybridized carbons (Fsp3) is 0.310. The van der Waals surface area contributed by atoms with Gasteiger partial charge in [0.25, 0.3) is 11.5 Å². The molecule has 0 aliphatic rings. The van der Waals surface area contributed by atoms with Crippen molar-refractivity contribution >= 4 is 39.0 Å². The number of nitrogens with zero attached hydrogens (tertiary/aromatic N) is 2. The summed E-state index contributed by atoms with van der Waals surface area (Å²) in [5, 5.41) is 9.58. The van der Waals surface area contributed by atoms with Crippen LogP contribution < -0.4 is 15.6 Å². The Bertz CT molecular complexity index is 1500. The second kappa shape index (κ2) is 11.6. The summed E-state index contributed by atoms with van der Waals surface area (Å²) in [7, 11) is 0. The molecule has 0 bridgehead atoms. The lowest BCUT2D eigenvalue weighted by atomic mass is 10.0. The number of carbonyl (C=O) groups excluding carboxylic acids is 2. The Hall–Kier alpha value is -3.98. The van der Waals surface area contributed by atoms with Crippen molar-refractivity contribution in [3.05, 3.63) is 81.1 Å². The van der Waals surface area contributed by atoms with Crippen molar-refractivity contribution in [2.75, 3.05) is 18.5 Å². The normalized spacial score (nSPS) is 11.2. The van der Waals surface area contributed by atoms with Gasteiger partial charge in [0.05, 0.1) is 17.7 Å². The molecule has 4 aromatic rings. The highest BCUT2D eigenvalue weighted by Crippen LogP contribution is 2.31. The van der Waals surface area contributed by atoms with Crippen LogP contribution in [0.2, 0.25) is 0 Å². The molecule has 2 aromatic heterocycles. The summed E-state index contributed by atoms with van der Waals surface area (Å²) < 4.78 is 12.0. The predicted octanol–water partition coefficient (Wildman–Crippen LogP) is 5.89. The van der Waals surface area contributed by atoms with Gasteiger partial charge in [0.15, 0.2) is 12.3 Å². The quantitative estimate of drug-likeness (QED) is 0.269. The third-order valence-electron chi connectivity index (χ3n) is 6.10. The van der Waals surface area contributed by atoms with E-state index in [0.717, 1.165) is 16.9 Å². The number of hydrogen-bond donors (Lipinski definition) is 1. The minimum atomic E-state index is -0.645. The first-order chi connectivity index (χ1) is 18.2. The highest BCUT2D eigenvalue weighted by Gasteiger charge is 2.23. The van der Waals surface area contributed by atoms with Crippen molar-refractivity contribution < 1.29 is 19.1 Å². The molecule has 0 saturated carbocycles. The van der Waals surface area contributed by atoms with Gasteiger partial charge in [0.1, 0.15) is 10.8 Å². The van der Waals surface area contributed by atoms with Crippen LogP contribution in [0.1, 0.15) is 68.1 Å². The minimum Gasteiger partial charge on any atom is -0.484 e. The maximum atomic E-state index is 13.6. The zero-order chi connectivity index (χ0) is 27.4. The largest absolute Gasteiger partial charge is 0.484 e. The SMILES string of the molecule is CCOC(=O)c1nn(-c2ccc(C(C)C)cc2)c(=O)c2c(NC(=O)COc3ccc(C(C)C)cc3)scc12. The van der Waals surface area contributed by atoms with Gasteiger partial charge in [-0.1, -0.05) is 52.0 Å². The number of carbonyl (C=O) groups is 2. The number of hydrogen-bond acceptors (Lipinski definition) is 7. The molecule has 0 atom stereocenters. The smallest absolute Gasteiger partial charge is 0.359 e. The van der Waals surface area contributed by atoms with Gasteiger partial charge in [-0.2, -0.15) is 9.78 Å². The fourth-order valence-electron chi connectivity index (χ4n) is 3.93. The zero-order valence-electron chi connectivity index (χ0n) is 22.1. The lowest BCUT2D eigenvalue weighted by molar-refractivity contribution is -0.118. The molecule has 8 nitrogen and oxygen atoms in total. The number of rotatable bonds is 9. The van der Waals surface area contributed by atoms with Crippen molar-refractivity contribution in [3.63, 3.8) is 0 Å². The van der Waals surface area contributed by atoms with Crippen molar-refractivity contribution in [2.45, 2.75) is 46.5 Å². The van der Waals surface area contributed by atoms with Gasteiger partial charge in [-0.3, -0.25) is 9.59 Å². The molecule has 0 spiro atoms. The second-order valence-corrected chi connectivity index (χ2v) is 10.3. The number of amides is 1. The Kier molecular flexibility index (Phi) is 8.26. The van der Waals surface area contributed by atoms with E-state index in [0.29, 0.717) is 33.7 Å². The number of fused-ring (bicyclic) bond motifs is 1. The van der Waals surface area contributed by atoms with Gasteiger partial charge in [-0.05, 0) is 54.2 Å². The zero-order valence-corrected chi connectivity index (χ0v) is 22.9. The monoisotopic (exact) mass is 533 g/mol. The van der Waals surface area contributed by atoms with Gasteiger partial charge in [-0.15, -0.1) is 11.3 Å². The molecule has 9 heteroatoms. The molecule has 0 radical (unpaired) electrons. The summed E-state index contributed by atoms with van der Waals surface area (Å²) in [6.07, 6.45) is 0. The second-order valence-electron chi connectivity index (χ2n) is 9.45. The molecule has 198 valence electrons. The topological polar surface area (TPSA) is 99.5 Å². The van der Waals surface area contributed by atoms with Gasteiger partial charge >= 0.3 is 5.97 Å². The van der Waals surface area contributed by atoms with Gasteiger partial charge in [0, 0.05) is 10.8 Å². The third-order valence-corrected chi connectivity index (χ3v) is 6.99. The highest BCUT2D eigenvalue weighted by atomic mass is 32.1. The van der Waals surface area contributed by atoms with Crippen molar-refractivity contribution in [3.8, 4) is 11.4 Å². The number of nitrogens with one attached hydrogen (secondary N) is 1. The maximum absolute atomic E-state index is 13.6. The summed E-state index contributed by atoms with van der Waals surface area (Å²) in [6, 6.07) is 15.0. The highest BCUT2D eigenvalue weighted by molar-refractivity contribution is 7.16. The molecule has 0 saturated heterocycles. The Labute approximate surface area is 225 Å². The van der Waals surface area contributed by atoms with E-state index in [1.807, 2.05) is 36.4 Å². The Morgan fingerprint density at radius 3 is 2.16 bits per heavy atom. The molecule has 38 heavy (non-hydrogen) atoms. The molecule has 2 aromatic carbocycles. The van der Waals surface area contributed by atoms with Gasteiger partial charge < -0.3 is 14.8 Å². The summed E-state index contributed by atoms with van der Waals surface area (Å²) in [5.41, 5.74) is 2.34. The molecule has 0 fully saturated rings. The van der Waals surface area contributed by atoms with E-state index in [2.05, 4.69) is 38.1 Å². The molecule has 0 unspecified atom stereocenters. The van der Waals surface area contributed by atoms with E-state index in [9.17, 15) is 14.4 Å². The van der Waals surface area contributed by atoms with Crippen molar-refractivity contribution in [1.82, 2.24) is 9.78 Å². The number of thiophene rings is 1. The van der Waals surface area contributed by atoms with Crippen LogP contribution in [0.15, 0.2) is 58.7 Å². The van der Waals surface area contributed by atoms with E-state index in [-0.39, 0.29) is 24.3 Å². The first-order valence-corrected chi connectivity index (χ1v) is 13.4. The van der Waals surface area contributed by atoms with Crippen LogP contribution in [-0.4, -0.2) is 34.9 Å². The predicted molar refractivity (Wildman–Crippen MR) is 150 cm³/mol. The minimum absolute atomic E-state index is 0.00706. The Morgan fingerprint density at radius 1 is 0.974 bits per heavy atom. The van der Waals surface area contributed by atoms with E-state index in [1.54, 1.807) is 24.4 Å². The first kappa shape index (κ1) is 27.1. The average Bonchev–Trinajstić information content (AvgIpc) is 3.32. The van der Waals surface area contributed by atoms with Crippen LogP contribution in [0.4, 0.5) is 5.00 Å². The molecular weight excluding hydrogens is 502 g/mol. The van der Waals surface area contributed by atoms with Crippen LogP contribution in [0.25, 0.3) is 16.5 Å². The molecular formula is C29H31N3O5S. The van der Waals surface area contributed by atoms with Gasteiger partial charge in [-0.25, -0.2) is 4.79 Å². The Morgan fingerprint density at radius 2 is 1.58 bits per heavy atom. The number of anilines is 1. The van der Waals surface area contributed by atoms with Crippen LogP contribution in [0, 0.1) is 0 Å². The molecule has 1 N–H and O–H groups in total. The molecule has 4 rings (SSSR count). The van der Waals surface area contributed by atoms with E-state index in [4.69, 9.17) is 9.47 Å².